The molecule has 0 saturated carbocycles. The molecule has 2 aromatic carbocycles. The zero-order valence-electron chi connectivity index (χ0n) is 18.7. The Balaban J connectivity index is 0.000000388. The van der Waals surface area contributed by atoms with Gasteiger partial charge in [0.25, 0.3) is 0 Å². The molecule has 0 bridgehead atoms. The van der Waals surface area contributed by atoms with Crippen molar-refractivity contribution in [1.29, 1.82) is 0 Å². The minimum Gasteiger partial charge on any atom is -0.479 e. The van der Waals surface area contributed by atoms with E-state index in [-0.39, 0.29) is 11.8 Å². The van der Waals surface area contributed by atoms with Crippen molar-refractivity contribution in [3.8, 4) is 22.8 Å². The minimum atomic E-state index is -4.71. The normalized spacial score (nSPS) is 13.6. The summed E-state index contributed by atoms with van der Waals surface area (Å²) >= 11 is 0. The molecule has 14 heteroatoms. The molecule has 3 aromatic rings. The number of aromatic nitrogens is 3. The molecule has 6 N–H and O–H groups in total. The topological polar surface area (TPSA) is 181 Å². The zero-order valence-corrected chi connectivity index (χ0v) is 18.7. The van der Waals surface area contributed by atoms with Crippen molar-refractivity contribution < 1.29 is 47.9 Å². The number of hydrogen-bond acceptors (Lipinski definition) is 8. The lowest BCUT2D eigenvalue weighted by atomic mass is 10.1. The number of carboxylic acids is 2. The molecule has 0 amide bonds. The van der Waals surface area contributed by atoms with E-state index in [2.05, 4.69) is 14.8 Å². The second kappa shape index (κ2) is 12.1. The Morgan fingerprint density at radius 1 is 1.00 bits per heavy atom. The number of aliphatic hydroxyl groups excluding tert-OH is 2. The molecular weight excluding hydrogens is 489 g/mol. The number of nitrogens with two attached hydrogens (primary N) is 1. The summed E-state index contributed by atoms with van der Waals surface area (Å²) in [5.74, 6) is -3.30. The number of carbonyl (C=O) groups is 2. The first-order valence-corrected chi connectivity index (χ1v) is 10.2. The summed E-state index contributed by atoms with van der Waals surface area (Å²) in [5.41, 5.74) is 8.33. The Morgan fingerprint density at radius 3 is 1.97 bits per heavy atom. The van der Waals surface area contributed by atoms with Crippen LogP contribution >= 0.6 is 0 Å². The highest BCUT2D eigenvalue weighted by atomic mass is 19.4. The van der Waals surface area contributed by atoms with Crippen LogP contribution in [0.1, 0.15) is 12.5 Å². The maximum Gasteiger partial charge on any atom is 0.573 e. The maximum absolute atomic E-state index is 12.2. The van der Waals surface area contributed by atoms with E-state index in [4.69, 9.17) is 26.2 Å². The van der Waals surface area contributed by atoms with E-state index in [1.54, 1.807) is 0 Å². The summed E-state index contributed by atoms with van der Waals surface area (Å²) in [6.45, 7) is 1.95. The largest absolute Gasteiger partial charge is 0.573 e. The van der Waals surface area contributed by atoms with Crippen LogP contribution in [0.5, 0.6) is 5.75 Å². The van der Waals surface area contributed by atoms with E-state index in [1.165, 1.54) is 35.3 Å². The molecule has 0 radical (unpaired) electrons. The first-order valence-electron chi connectivity index (χ1n) is 10.2. The summed E-state index contributed by atoms with van der Waals surface area (Å²) in [6, 6.07) is 13.3. The van der Waals surface area contributed by atoms with Crippen molar-refractivity contribution in [2.75, 3.05) is 0 Å². The second-order valence-corrected chi connectivity index (χ2v) is 7.50. The van der Waals surface area contributed by atoms with Crippen LogP contribution in [0.25, 0.3) is 17.1 Å². The van der Waals surface area contributed by atoms with Crippen molar-refractivity contribution in [3.63, 3.8) is 0 Å². The summed E-state index contributed by atoms with van der Waals surface area (Å²) in [4.78, 5) is 23.8. The highest BCUT2D eigenvalue weighted by Crippen LogP contribution is 2.24. The van der Waals surface area contributed by atoms with Gasteiger partial charge < -0.3 is 30.9 Å². The predicted molar refractivity (Wildman–Crippen MR) is 118 cm³/mol. The van der Waals surface area contributed by atoms with Gasteiger partial charge in [0.2, 0.25) is 0 Å². The predicted octanol–water partition coefficient (Wildman–Crippen LogP) is 1.60. The summed E-state index contributed by atoms with van der Waals surface area (Å²) in [7, 11) is 0. The van der Waals surface area contributed by atoms with Crippen molar-refractivity contribution in [3.05, 3.63) is 60.4 Å². The zero-order chi connectivity index (χ0) is 27.0. The average molecular weight is 512 g/mol. The van der Waals surface area contributed by atoms with Crippen LogP contribution in [0.3, 0.4) is 0 Å². The molecule has 0 aliphatic carbocycles. The Labute approximate surface area is 202 Å². The van der Waals surface area contributed by atoms with Crippen LogP contribution in [0.15, 0.2) is 54.9 Å². The molecule has 2 unspecified atom stereocenters. The number of halogens is 3. The number of alkyl halides is 3. The number of rotatable bonds is 8. The van der Waals surface area contributed by atoms with Gasteiger partial charge in [0.1, 0.15) is 12.1 Å². The van der Waals surface area contributed by atoms with Gasteiger partial charge in [0.05, 0.1) is 5.69 Å². The van der Waals surface area contributed by atoms with Crippen molar-refractivity contribution in [1.82, 2.24) is 14.8 Å². The highest BCUT2D eigenvalue weighted by Gasteiger charge is 2.31. The molecule has 0 saturated heterocycles. The van der Waals surface area contributed by atoms with Gasteiger partial charge in [0, 0.05) is 11.6 Å². The molecular formula is C22H23F3N4O7. The van der Waals surface area contributed by atoms with Crippen LogP contribution in [0.2, 0.25) is 0 Å². The Bertz CT molecular complexity index is 1130. The van der Waals surface area contributed by atoms with Gasteiger partial charge in [-0.1, -0.05) is 24.3 Å². The van der Waals surface area contributed by atoms with Crippen LogP contribution in [-0.4, -0.2) is 71.7 Å². The molecule has 3 rings (SSSR count). The maximum atomic E-state index is 12.2. The molecule has 1 aromatic heterocycles. The van der Waals surface area contributed by atoms with Crippen molar-refractivity contribution >= 4 is 11.9 Å². The van der Waals surface area contributed by atoms with Gasteiger partial charge in [0.15, 0.2) is 18.0 Å². The van der Waals surface area contributed by atoms with E-state index >= 15 is 0 Å². The van der Waals surface area contributed by atoms with Crippen LogP contribution in [0, 0.1) is 0 Å². The minimum absolute atomic E-state index is 0.0856. The lowest BCUT2D eigenvalue weighted by molar-refractivity contribution is -0.274. The standard InChI is InChI=1S/C18H17F3N4O.C4H6O6/c1-12(22)10-13-2-4-14(5-3-13)17-23-11-25(24-17)15-6-8-16(9-7-15)26-18(19,20)21;5-1(3(7)8)2(6)4(9)10/h2-9,11-12H,10,22H2,1H3;1-2,5-6H,(H,7,8)(H,9,10)/t12-;/m0./s1. The summed E-state index contributed by atoms with van der Waals surface area (Å²) in [5, 5.41) is 36.9. The lowest BCUT2D eigenvalue weighted by Gasteiger charge is -2.09. The van der Waals surface area contributed by atoms with E-state index < -0.39 is 30.5 Å². The van der Waals surface area contributed by atoms with Gasteiger partial charge in [-0.25, -0.2) is 19.3 Å². The number of nitrogens with zero attached hydrogens (tertiary/aromatic N) is 3. The van der Waals surface area contributed by atoms with E-state index in [1.807, 2.05) is 31.2 Å². The Kier molecular flexibility index (Phi) is 9.49. The smallest absolute Gasteiger partial charge is 0.479 e. The molecule has 0 fully saturated rings. The fourth-order valence-electron chi connectivity index (χ4n) is 2.75. The molecule has 0 aliphatic rings. The molecule has 0 aliphatic heterocycles. The van der Waals surface area contributed by atoms with E-state index in [0.717, 1.165) is 17.5 Å². The third-order valence-corrected chi connectivity index (χ3v) is 4.40. The number of aliphatic carboxylic acids is 2. The van der Waals surface area contributed by atoms with Gasteiger partial charge in [-0.05, 0) is 43.2 Å². The van der Waals surface area contributed by atoms with Crippen LogP contribution < -0.4 is 10.5 Å². The second-order valence-electron chi connectivity index (χ2n) is 7.50. The average Bonchev–Trinajstić information content (AvgIpc) is 3.28. The van der Waals surface area contributed by atoms with E-state index in [0.29, 0.717) is 11.5 Å². The van der Waals surface area contributed by atoms with Gasteiger partial charge in [-0.3, -0.25) is 0 Å². The Hall–Kier alpha value is -4.01. The number of carboxylic acid groups (broad SMARTS) is 2. The van der Waals surface area contributed by atoms with E-state index in [9.17, 15) is 22.8 Å². The summed E-state index contributed by atoms with van der Waals surface area (Å²) in [6.07, 6.45) is -6.95. The van der Waals surface area contributed by atoms with Crippen molar-refractivity contribution in [2.45, 2.75) is 38.0 Å². The summed E-state index contributed by atoms with van der Waals surface area (Å²) < 4.78 is 41.9. The molecule has 3 atom stereocenters. The van der Waals surface area contributed by atoms with Crippen LogP contribution in [0.4, 0.5) is 13.2 Å². The van der Waals surface area contributed by atoms with Gasteiger partial charge in [-0.2, -0.15) is 0 Å². The van der Waals surface area contributed by atoms with Crippen LogP contribution in [-0.2, 0) is 16.0 Å². The quantitative estimate of drug-likeness (QED) is 0.297. The number of benzene rings is 2. The molecule has 0 spiro atoms. The van der Waals surface area contributed by atoms with Crippen molar-refractivity contribution in [2.24, 2.45) is 5.73 Å². The fraction of sp³-hybridized carbons (Fsp3) is 0.273. The molecule has 11 nitrogen and oxygen atoms in total. The highest BCUT2D eigenvalue weighted by molar-refractivity contribution is 5.83. The SMILES string of the molecule is C[C@H](N)Cc1ccc(-c2ncn(-c3ccc(OC(F)(F)F)cc3)n2)cc1.O=C(O)C(O)C(O)C(=O)O. The molecule has 1 heterocycles. The lowest BCUT2D eigenvalue weighted by Crippen LogP contribution is -2.39. The Morgan fingerprint density at radius 2 is 1.53 bits per heavy atom. The molecule has 194 valence electrons. The monoisotopic (exact) mass is 512 g/mol. The number of ether oxygens (including phenoxy) is 1. The first-order chi connectivity index (χ1) is 16.8. The third-order valence-electron chi connectivity index (χ3n) is 4.40. The molecule has 36 heavy (non-hydrogen) atoms. The fourth-order valence-corrected chi connectivity index (χ4v) is 2.75. The third kappa shape index (κ3) is 8.65. The number of aliphatic hydroxyl groups is 2. The van der Waals surface area contributed by atoms with Gasteiger partial charge >= 0.3 is 18.3 Å². The first kappa shape index (κ1) is 28.2. The number of hydrogen-bond donors (Lipinski definition) is 5. The van der Waals surface area contributed by atoms with Gasteiger partial charge in [-0.15, -0.1) is 18.3 Å².